The minimum atomic E-state index is -4.18. The van der Waals surface area contributed by atoms with Crippen LogP contribution < -0.4 is 9.62 Å². The fourth-order valence-corrected chi connectivity index (χ4v) is 6.33. The molecule has 0 aliphatic rings. The van der Waals surface area contributed by atoms with Crippen LogP contribution in [0.1, 0.15) is 18.1 Å². The highest BCUT2D eigenvalue weighted by Gasteiger charge is 2.34. The van der Waals surface area contributed by atoms with Crippen molar-refractivity contribution in [2.75, 3.05) is 17.4 Å². The van der Waals surface area contributed by atoms with Gasteiger partial charge in [-0.25, -0.2) is 12.8 Å². The highest BCUT2D eigenvalue weighted by Crippen LogP contribution is 2.27. The predicted molar refractivity (Wildman–Crippen MR) is 165 cm³/mol. The van der Waals surface area contributed by atoms with E-state index >= 15 is 0 Å². The van der Waals surface area contributed by atoms with Crippen LogP contribution in [0.3, 0.4) is 0 Å². The molecule has 0 aliphatic carbocycles. The topological polar surface area (TPSA) is 86.8 Å². The third kappa shape index (κ3) is 7.83. The summed E-state index contributed by atoms with van der Waals surface area (Å²) in [5.74, 6) is -1.40. The van der Waals surface area contributed by atoms with Gasteiger partial charge in [0, 0.05) is 24.0 Å². The lowest BCUT2D eigenvalue weighted by Gasteiger charge is -2.33. The van der Waals surface area contributed by atoms with Crippen molar-refractivity contribution in [2.45, 2.75) is 30.8 Å². The Morgan fingerprint density at radius 2 is 1.50 bits per heavy atom. The average molecular weight is 653 g/mol. The number of carbonyl (C=O) groups excluding carboxylic acids is 2. The summed E-state index contributed by atoms with van der Waals surface area (Å²) >= 11 is 3.39. The van der Waals surface area contributed by atoms with E-state index in [-0.39, 0.29) is 29.5 Å². The van der Waals surface area contributed by atoms with Crippen molar-refractivity contribution in [3.63, 3.8) is 0 Å². The Bertz CT molecular complexity index is 1600. The Morgan fingerprint density at radius 3 is 2.12 bits per heavy atom. The summed E-state index contributed by atoms with van der Waals surface area (Å²) in [7, 11) is -4.18. The van der Waals surface area contributed by atoms with Crippen molar-refractivity contribution in [3.05, 3.63) is 131 Å². The second kappa shape index (κ2) is 14.2. The highest BCUT2D eigenvalue weighted by atomic mass is 79.9. The first-order valence-electron chi connectivity index (χ1n) is 13.4. The lowest BCUT2D eigenvalue weighted by atomic mass is 10.0. The van der Waals surface area contributed by atoms with Gasteiger partial charge in [0.25, 0.3) is 10.0 Å². The van der Waals surface area contributed by atoms with E-state index in [1.807, 2.05) is 30.3 Å². The number of nitrogens with zero attached hydrogens (tertiary/aromatic N) is 2. The second-order valence-electron chi connectivity index (χ2n) is 9.55. The van der Waals surface area contributed by atoms with Gasteiger partial charge in [0.1, 0.15) is 18.4 Å². The second-order valence-corrected chi connectivity index (χ2v) is 12.3. The normalized spacial score (nSPS) is 11.9. The van der Waals surface area contributed by atoms with Gasteiger partial charge in [-0.05, 0) is 60.5 Å². The van der Waals surface area contributed by atoms with Crippen LogP contribution in [0.25, 0.3) is 0 Å². The van der Waals surface area contributed by atoms with E-state index in [0.29, 0.717) is 16.6 Å². The van der Waals surface area contributed by atoms with E-state index in [1.165, 1.54) is 29.2 Å². The van der Waals surface area contributed by atoms with Gasteiger partial charge in [-0.15, -0.1) is 0 Å². The zero-order chi connectivity index (χ0) is 30.1. The van der Waals surface area contributed by atoms with Crippen LogP contribution >= 0.6 is 15.9 Å². The Morgan fingerprint density at radius 1 is 0.857 bits per heavy atom. The summed E-state index contributed by atoms with van der Waals surface area (Å²) in [6.07, 6.45) is 0.196. The zero-order valence-electron chi connectivity index (χ0n) is 23.0. The van der Waals surface area contributed by atoms with Crippen LogP contribution in [0.15, 0.2) is 119 Å². The first kappa shape index (κ1) is 30.9. The van der Waals surface area contributed by atoms with E-state index in [4.69, 9.17) is 0 Å². The lowest BCUT2D eigenvalue weighted by molar-refractivity contribution is -0.140. The van der Waals surface area contributed by atoms with E-state index in [9.17, 15) is 22.4 Å². The van der Waals surface area contributed by atoms with Gasteiger partial charge < -0.3 is 10.2 Å². The molecular formula is C32H31BrFN3O4S. The third-order valence-corrected chi connectivity index (χ3v) is 8.88. The summed E-state index contributed by atoms with van der Waals surface area (Å²) in [5, 5.41) is 2.81. The molecule has 2 amide bonds. The Hall–Kier alpha value is -4.02. The van der Waals surface area contributed by atoms with E-state index < -0.39 is 34.3 Å². The number of benzene rings is 4. The number of halogens is 2. The van der Waals surface area contributed by atoms with Gasteiger partial charge in [0.05, 0.1) is 10.6 Å². The van der Waals surface area contributed by atoms with Crippen LogP contribution in [-0.2, 0) is 32.6 Å². The van der Waals surface area contributed by atoms with Gasteiger partial charge in [-0.1, -0.05) is 82.7 Å². The molecule has 0 aliphatic heterocycles. The molecule has 218 valence electrons. The van der Waals surface area contributed by atoms with Gasteiger partial charge in [-0.3, -0.25) is 13.9 Å². The SMILES string of the molecule is CCNC(=O)[C@H](Cc1ccccc1)N(Cc1ccc(F)cc1)C(=O)CN(c1cccc(Br)c1)S(=O)(=O)c1ccccc1. The molecule has 0 heterocycles. The Labute approximate surface area is 254 Å². The first-order valence-corrected chi connectivity index (χ1v) is 15.6. The molecule has 0 saturated heterocycles. The molecule has 0 saturated carbocycles. The summed E-state index contributed by atoms with van der Waals surface area (Å²) in [4.78, 5) is 29.1. The van der Waals surface area contributed by atoms with Crippen LogP contribution in [-0.4, -0.2) is 44.3 Å². The molecule has 0 spiro atoms. The number of amides is 2. The summed E-state index contributed by atoms with van der Waals surface area (Å²) in [6, 6.07) is 28.5. The van der Waals surface area contributed by atoms with Crippen LogP contribution in [0.4, 0.5) is 10.1 Å². The molecule has 42 heavy (non-hydrogen) atoms. The number of likely N-dealkylation sites (N-methyl/N-ethyl adjacent to an activating group) is 1. The third-order valence-electron chi connectivity index (χ3n) is 6.59. The fourth-order valence-electron chi connectivity index (χ4n) is 4.51. The molecule has 0 bridgehead atoms. The maximum absolute atomic E-state index is 14.3. The Balaban J connectivity index is 1.78. The predicted octanol–water partition coefficient (Wildman–Crippen LogP) is 5.56. The van der Waals surface area contributed by atoms with E-state index in [1.54, 1.807) is 61.5 Å². The van der Waals surface area contributed by atoms with Crippen LogP contribution in [0.2, 0.25) is 0 Å². The standard InChI is InChI=1S/C32H31BrFN3O4S/c1-2-35-32(39)30(20-24-10-5-3-6-11-24)36(22-25-16-18-27(34)19-17-25)31(38)23-37(28-13-9-12-26(33)21-28)42(40,41)29-14-7-4-8-15-29/h3-19,21,30H,2,20,22-23H2,1H3,(H,35,39)/t30-/m0/s1. The molecule has 1 atom stereocenters. The van der Waals surface area contributed by atoms with Crippen molar-refractivity contribution < 1.29 is 22.4 Å². The molecule has 4 aromatic rings. The summed E-state index contributed by atoms with van der Waals surface area (Å²) < 4.78 is 43.2. The number of anilines is 1. The molecule has 4 aromatic carbocycles. The number of nitrogens with one attached hydrogen (secondary N) is 1. The van der Waals surface area contributed by atoms with Gasteiger partial charge in [0.2, 0.25) is 11.8 Å². The molecule has 10 heteroatoms. The molecule has 4 rings (SSSR count). The minimum absolute atomic E-state index is 0.0208. The fraction of sp³-hybridized carbons (Fsp3) is 0.188. The number of hydrogen-bond acceptors (Lipinski definition) is 4. The molecular weight excluding hydrogens is 621 g/mol. The maximum Gasteiger partial charge on any atom is 0.264 e. The number of rotatable bonds is 12. The summed E-state index contributed by atoms with van der Waals surface area (Å²) in [5.41, 5.74) is 1.69. The van der Waals surface area contributed by atoms with E-state index in [0.717, 1.165) is 9.87 Å². The highest BCUT2D eigenvalue weighted by molar-refractivity contribution is 9.10. The molecule has 0 radical (unpaired) electrons. The molecule has 0 fully saturated rings. The zero-order valence-corrected chi connectivity index (χ0v) is 25.4. The van der Waals surface area contributed by atoms with Gasteiger partial charge in [-0.2, -0.15) is 0 Å². The van der Waals surface area contributed by atoms with Crippen molar-refractivity contribution in [1.29, 1.82) is 0 Å². The van der Waals surface area contributed by atoms with Crippen LogP contribution in [0.5, 0.6) is 0 Å². The minimum Gasteiger partial charge on any atom is -0.355 e. The van der Waals surface area contributed by atoms with Crippen LogP contribution in [0, 0.1) is 5.82 Å². The Kier molecular flexibility index (Phi) is 10.5. The van der Waals surface area contributed by atoms with Gasteiger partial charge >= 0.3 is 0 Å². The molecule has 7 nitrogen and oxygen atoms in total. The van der Waals surface area contributed by atoms with Crippen molar-refractivity contribution in [1.82, 2.24) is 10.2 Å². The van der Waals surface area contributed by atoms with Crippen molar-refractivity contribution in [2.24, 2.45) is 0 Å². The molecule has 0 unspecified atom stereocenters. The number of sulfonamides is 1. The monoisotopic (exact) mass is 651 g/mol. The van der Waals surface area contributed by atoms with Crippen molar-refractivity contribution >= 4 is 43.5 Å². The van der Waals surface area contributed by atoms with Crippen molar-refractivity contribution in [3.8, 4) is 0 Å². The maximum atomic E-state index is 14.3. The largest absolute Gasteiger partial charge is 0.355 e. The quantitative estimate of drug-likeness (QED) is 0.217. The lowest BCUT2D eigenvalue weighted by Crippen LogP contribution is -2.53. The number of carbonyl (C=O) groups is 2. The summed E-state index contributed by atoms with van der Waals surface area (Å²) in [6.45, 7) is 1.52. The number of hydrogen-bond donors (Lipinski definition) is 1. The molecule has 1 N–H and O–H groups in total. The van der Waals surface area contributed by atoms with E-state index in [2.05, 4.69) is 21.2 Å². The smallest absolute Gasteiger partial charge is 0.264 e. The average Bonchev–Trinajstić information content (AvgIpc) is 2.99. The first-order chi connectivity index (χ1) is 20.2. The van der Waals surface area contributed by atoms with Gasteiger partial charge in [0.15, 0.2) is 0 Å². The molecule has 0 aromatic heterocycles.